The molecule has 120 valence electrons. The molecule has 0 aromatic carbocycles. The van der Waals surface area contributed by atoms with E-state index in [1.54, 1.807) is 6.20 Å². The highest BCUT2D eigenvalue weighted by Gasteiger charge is 2.23. The Morgan fingerprint density at radius 3 is 2.77 bits per heavy atom. The van der Waals surface area contributed by atoms with Gasteiger partial charge >= 0.3 is 0 Å². The van der Waals surface area contributed by atoms with E-state index < -0.39 is 0 Å². The van der Waals surface area contributed by atoms with Gasteiger partial charge in [0.25, 0.3) is 5.91 Å². The summed E-state index contributed by atoms with van der Waals surface area (Å²) in [6.45, 7) is 7.13. The van der Waals surface area contributed by atoms with Crippen molar-refractivity contribution in [1.29, 1.82) is 0 Å². The number of pyridine rings is 1. The summed E-state index contributed by atoms with van der Waals surface area (Å²) in [6.07, 6.45) is 3.63. The third-order valence-electron chi connectivity index (χ3n) is 3.82. The third-order valence-corrected chi connectivity index (χ3v) is 3.82. The number of fused-ring (bicyclic) bond motifs is 1. The van der Waals surface area contributed by atoms with E-state index in [0.717, 1.165) is 30.7 Å². The maximum Gasteiger partial charge on any atom is 0.270 e. The maximum absolute atomic E-state index is 12.6. The number of carbonyl (C=O) groups is 1. The number of aromatic nitrogens is 2. The number of nitrogens with one attached hydrogen (secondary N) is 1. The van der Waals surface area contributed by atoms with Gasteiger partial charge in [-0.2, -0.15) is 0 Å². The lowest BCUT2D eigenvalue weighted by atomic mass is 9.98. The van der Waals surface area contributed by atoms with Crippen molar-refractivity contribution < 1.29 is 4.79 Å². The fraction of sp³-hybridized carbons (Fsp3) is 0.529. The first kappa shape index (κ1) is 16.5. The van der Waals surface area contributed by atoms with Gasteiger partial charge in [-0.1, -0.05) is 6.07 Å². The number of imidazole rings is 1. The molecule has 0 fully saturated rings. The van der Waals surface area contributed by atoms with Crippen molar-refractivity contribution in [2.45, 2.75) is 39.2 Å². The number of nitrogens with zero attached hydrogens (tertiary/aromatic N) is 3. The Labute approximate surface area is 132 Å². The number of aryl methyl sites for hydroxylation is 1. The lowest BCUT2D eigenvalue weighted by Gasteiger charge is -2.27. The van der Waals surface area contributed by atoms with Crippen LogP contribution in [0.1, 0.15) is 42.9 Å². The number of carbonyl (C=O) groups excluding carboxylic acids is 1. The predicted molar refractivity (Wildman–Crippen MR) is 89.3 cm³/mol. The zero-order chi connectivity index (χ0) is 16.3. The molecule has 0 saturated carbocycles. The second-order valence-electron chi connectivity index (χ2n) is 6.75. The molecule has 5 heteroatoms. The van der Waals surface area contributed by atoms with Gasteiger partial charge in [0.15, 0.2) is 0 Å². The molecule has 0 spiro atoms. The molecular weight excluding hydrogens is 276 g/mol. The summed E-state index contributed by atoms with van der Waals surface area (Å²) in [7, 11) is 4.12. The first-order valence-corrected chi connectivity index (χ1v) is 7.70. The van der Waals surface area contributed by atoms with Crippen LogP contribution in [0.2, 0.25) is 0 Å². The molecule has 2 aromatic heterocycles. The van der Waals surface area contributed by atoms with Crippen LogP contribution in [0, 0.1) is 6.92 Å². The van der Waals surface area contributed by atoms with Crippen molar-refractivity contribution in [2.75, 3.05) is 20.6 Å². The van der Waals surface area contributed by atoms with Crippen LogP contribution in [-0.4, -0.2) is 46.4 Å². The monoisotopic (exact) mass is 302 g/mol. The Kier molecular flexibility index (Phi) is 4.86. The van der Waals surface area contributed by atoms with Crippen LogP contribution >= 0.6 is 0 Å². The molecule has 0 bridgehead atoms. The summed E-state index contributed by atoms with van der Waals surface area (Å²) in [5, 5.41) is 3.13. The van der Waals surface area contributed by atoms with Gasteiger partial charge < -0.3 is 10.2 Å². The van der Waals surface area contributed by atoms with Crippen molar-refractivity contribution in [3.8, 4) is 0 Å². The summed E-state index contributed by atoms with van der Waals surface area (Å²) < 4.78 is 1.89. The van der Waals surface area contributed by atoms with E-state index in [2.05, 4.69) is 43.1 Å². The molecule has 0 saturated heterocycles. The van der Waals surface area contributed by atoms with Gasteiger partial charge in [0.05, 0.1) is 6.20 Å². The van der Waals surface area contributed by atoms with E-state index in [1.165, 1.54) is 0 Å². The maximum atomic E-state index is 12.6. The van der Waals surface area contributed by atoms with Crippen molar-refractivity contribution in [3.05, 3.63) is 35.8 Å². The predicted octanol–water partition coefficient (Wildman–Crippen LogP) is 2.49. The topological polar surface area (TPSA) is 49.6 Å². The van der Waals surface area contributed by atoms with Crippen LogP contribution in [0.15, 0.2) is 24.4 Å². The fourth-order valence-electron chi connectivity index (χ4n) is 2.63. The molecule has 1 amide bonds. The van der Waals surface area contributed by atoms with Crippen LogP contribution in [0.4, 0.5) is 0 Å². The lowest BCUT2D eigenvalue weighted by molar-refractivity contribution is 0.0901. The summed E-state index contributed by atoms with van der Waals surface area (Å²) >= 11 is 0. The van der Waals surface area contributed by atoms with E-state index in [1.807, 2.05) is 29.5 Å². The fourth-order valence-corrected chi connectivity index (χ4v) is 2.63. The SMILES string of the molecule is Cc1cccc2ncc(C(=O)NC(C)(C)CCCN(C)C)n12. The lowest BCUT2D eigenvalue weighted by Crippen LogP contribution is -2.44. The zero-order valence-electron chi connectivity index (χ0n) is 14.2. The highest BCUT2D eigenvalue weighted by Crippen LogP contribution is 2.15. The smallest absolute Gasteiger partial charge is 0.270 e. The Morgan fingerprint density at radius 1 is 1.36 bits per heavy atom. The number of hydrogen-bond donors (Lipinski definition) is 1. The minimum atomic E-state index is -0.236. The minimum absolute atomic E-state index is 0.0725. The molecule has 1 N–H and O–H groups in total. The van der Waals surface area contributed by atoms with E-state index >= 15 is 0 Å². The molecule has 2 heterocycles. The molecule has 0 atom stereocenters. The second-order valence-corrected chi connectivity index (χ2v) is 6.75. The van der Waals surface area contributed by atoms with Gasteiger partial charge in [-0.15, -0.1) is 0 Å². The highest BCUT2D eigenvalue weighted by atomic mass is 16.2. The van der Waals surface area contributed by atoms with Gasteiger partial charge in [0, 0.05) is 11.2 Å². The molecule has 22 heavy (non-hydrogen) atoms. The van der Waals surface area contributed by atoms with Gasteiger partial charge in [-0.3, -0.25) is 9.20 Å². The molecule has 0 unspecified atom stereocenters. The molecule has 0 aliphatic carbocycles. The van der Waals surface area contributed by atoms with Crippen molar-refractivity contribution in [1.82, 2.24) is 19.6 Å². The van der Waals surface area contributed by atoms with Gasteiger partial charge in [0.2, 0.25) is 0 Å². The Bertz CT molecular complexity index is 658. The molecule has 0 radical (unpaired) electrons. The first-order valence-electron chi connectivity index (χ1n) is 7.70. The number of rotatable bonds is 6. The number of amides is 1. The molecule has 2 aromatic rings. The quantitative estimate of drug-likeness (QED) is 0.892. The van der Waals surface area contributed by atoms with Crippen LogP contribution in [0.25, 0.3) is 5.65 Å². The summed E-state index contributed by atoms with van der Waals surface area (Å²) in [4.78, 5) is 19.1. The summed E-state index contributed by atoms with van der Waals surface area (Å²) in [5.74, 6) is -0.0725. The summed E-state index contributed by atoms with van der Waals surface area (Å²) in [5.41, 5.74) is 2.16. The van der Waals surface area contributed by atoms with Gasteiger partial charge in [-0.25, -0.2) is 4.98 Å². The van der Waals surface area contributed by atoms with Crippen LogP contribution in [0.5, 0.6) is 0 Å². The molecule has 0 aliphatic heterocycles. The largest absolute Gasteiger partial charge is 0.346 e. The van der Waals surface area contributed by atoms with Crippen LogP contribution in [-0.2, 0) is 0 Å². The van der Waals surface area contributed by atoms with E-state index in [-0.39, 0.29) is 11.4 Å². The Balaban J connectivity index is 2.10. The molecular formula is C17H26N4O. The normalized spacial score (nSPS) is 12.1. The number of hydrogen-bond acceptors (Lipinski definition) is 3. The average molecular weight is 302 g/mol. The van der Waals surface area contributed by atoms with Crippen molar-refractivity contribution >= 4 is 11.6 Å². The second kappa shape index (κ2) is 6.48. The summed E-state index contributed by atoms with van der Waals surface area (Å²) in [6, 6.07) is 5.84. The van der Waals surface area contributed by atoms with Crippen molar-refractivity contribution in [2.24, 2.45) is 0 Å². The zero-order valence-corrected chi connectivity index (χ0v) is 14.2. The van der Waals surface area contributed by atoms with Crippen LogP contribution < -0.4 is 5.32 Å². The highest BCUT2D eigenvalue weighted by molar-refractivity contribution is 5.93. The first-order chi connectivity index (χ1) is 10.3. The molecule has 0 aliphatic rings. The Hall–Kier alpha value is -1.88. The van der Waals surface area contributed by atoms with E-state index in [4.69, 9.17) is 0 Å². The van der Waals surface area contributed by atoms with Crippen molar-refractivity contribution in [3.63, 3.8) is 0 Å². The van der Waals surface area contributed by atoms with Gasteiger partial charge in [-0.05, 0) is 66.4 Å². The standard InChI is InChI=1S/C17H26N4O/c1-13-8-6-9-15-18-12-14(21(13)15)16(22)19-17(2,3)10-7-11-20(4)5/h6,8-9,12H,7,10-11H2,1-5H3,(H,19,22). The third kappa shape index (κ3) is 3.85. The average Bonchev–Trinajstić information content (AvgIpc) is 2.82. The van der Waals surface area contributed by atoms with E-state index in [0.29, 0.717) is 5.69 Å². The molecule has 2 rings (SSSR count). The van der Waals surface area contributed by atoms with Crippen LogP contribution in [0.3, 0.4) is 0 Å². The Morgan fingerprint density at radius 2 is 2.09 bits per heavy atom. The van der Waals surface area contributed by atoms with Gasteiger partial charge in [0.1, 0.15) is 11.3 Å². The minimum Gasteiger partial charge on any atom is -0.346 e. The molecule has 5 nitrogen and oxygen atoms in total. The van der Waals surface area contributed by atoms with E-state index in [9.17, 15) is 4.79 Å².